The quantitative estimate of drug-likeness (QED) is 0.725. The summed E-state index contributed by atoms with van der Waals surface area (Å²) in [6.45, 7) is 2.49. The number of aromatic carboxylic acids is 2. The van der Waals surface area contributed by atoms with Crippen LogP contribution in [0, 0.1) is 6.92 Å². The smallest absolute Gasteiger partial charge is 0.335 e. The van der Waals surface area contributed by atoms with Crippen molar-refractivity contribution in [2.75, 3.05) is 0 Å². The third-order valence-electron chi connectivity index (χ3n) is 3.21. The van der Waals surface area contributed by atoms with Crippen molar-refractivity contribution in [3.8, 4) is 0 Å². The number of carboxylic acid groups (broad SMARTS) is 2. The Morgan fingerprint density at radius 2 is 1.57 bits per heavy atom. The second-order valence-corrected chi connectivity index (χ2v) is 5.55. The summed E-state index contributed by atoms with van der Waals surface area (Å²) in [6.07, 6.45) is 0. The molecule has 23 heavy (non-hydrogen) atoms. The van der Waals surface area contributed by atoms with E-state index in [0.29, 0.717) is 0 Å². The molecule has 1 aliphatic rings. The van der Waals surface area contributed by atoms with E-state index in [0.717, 1.165) is 6.54 Å². The van der Waals surface area contributed by atoms with Crippen molar-refractivity contribution in [3.05, 3.63) is 64.7 Å². The number of hydrogen-bond donors (Lipinski definition) is 3. The van der Waals surface area contributed by atoms with Crippen LogP contribution in [0.15, 0.2) is 47.4 Å². The molecule has 122 valence electrons. The van der Waals surface area contributed by atoms with Crippen molar-refractivity contribution in [1.82, 2.24) is 4.72 Å². The van der Waals surface area contributed by atoms with Crippen molar-refractivity contribution in [2.45, 2.75) is 18.4 Å². The maximum absolute atomic E-state index is 10.6. The lowest BCUT2D eigenvalue weighted by Gasteiger charge is -2.03. The third kappa shape index (κ3) is 4.56. The van der Waals surface area contributed by atoms with E-state index in [2.05, 4.69) is 29.0 Å². The molecule has 7 heteroatoms. The molecule has 0 unspecified atom stereocenters. The maximum Gasteiger partial charge on any atom is 0.335 e. The number of hydrogen-bond acceptors (Lipinski definition) is 4. The molecule has 5 N–H and O–H groups in total. The fourth-order valence-electron chi connectivity index (χ4n) is 2.04. The minimum Gasteiger partial charge on any atom is -0.478 e. The van der Waals surface area contributed by atoms with Gasteiger partial charge >= 0.3 is 11.9 Å². The first kappa shape index (κ1) is 18.7. The number of carbonyl (C=O) groups is 2. The molecule has 1 aliphatic heterocycles. The molecule has 0 aliphatic carbocycles. The molecule has 2 aromatic carbocycles. The first-order chi connectivity index (χ1) is 10.5. The van der Waals surface area contributed by atoms with Crippen molar-refractivity contribution in [3.63, 3.8) is 0 Å². The molecule has 3 rings (SSSR count). The average molecular weight is 335 g/mol. The number of rotatable bonds is 2. The highest BCUT2D eigenvalue weighted by atomic mass is 32.2. The Morgan fingerprint density at radius 1 is 1.00 bits per heavy atom. The van der Waals surface area contributed by atoms with Gasteiger partial charge in [0, 0.05) is 11.4 Å². The fourth-order valence-corrected chi connectivity index (χ4v) is 2.84. The minimum atomic E-state index is -1.11. The van der Waals surface area contributed by atoms with Gasteiger partial charge in [-0.2, -0.15) is 0 Å². The zero-order valence-corrected chi connectivity index (χ0v) is 13.2. The van der Waals surface area contributed by atoms with Crippen LogP contribution in [0.4, 0.5) is 0 Å². The maximum atomic E-state index is 10.6. The molecular formula is C16H17NO5S. The lowest BCUT2D eigenvalue weighted by molar-refractivity contribution is 0.0696. The van der Waals surface area contributed by atoms with Crippen LogP contribution in [0.3, 0.4) is 0 Å². The Labute approximate surface area is 137 Å². The Balaban J connectivity index is 0.000000232. The Hall–Kier alpha value is -2.35. The predicted molar refractivity (Wildman–Crippen MR) is 87.9 cm³/mol. The van der Waals surface area contributed by atoms with E-state index in [1.54, 1.807) is 11.9 Å². The van der Waals surface area contributed by atoms with E-state index in [-0.39, 0.29) is 22.2 Å². The first-order valence-electron chi connectivity index (χ1n) is 6.54. The lowest BCUT2D eigenvalue weighted by Crippen LogP contribution is -2.06. The van der Waals surface area contributed by atoms with E-state index < -0.39 is 11.9 Å². The summed E-state index contributed by atoms with van der Waals surface area (Å²) in [4.78, 5) is 22.6. The van der Waals surface area contributed by atoms with Gasteiger partial charge in [0.15, 0.2) is 0 Å². The van der Waals surface area contributed by atoms with E-state index in [1.165, 1.54) is 35.6 Å². The van der Waals surface area contributed by atoms with Gasteiger partial charge in [0.25, 0.3) is 0 Å². The Bertz CT molecular complexity index is 662. The number of nitrogens with one attached hydrogen (secondary N) is 1. The molecule has 1 heterocycles. The molecule has 6 nitrogen and oxygen atoms in total. The molecule has 2 aromatic rings. The molecule has 0 radical (unpaired) electrons. The highest BCUT2D eigenvalue weighted by Gasteiger charge is 2.13. The number of benzene rings is 2. The first-order valence-corrected chi connectivity index (χ1v) is 7.36. The van der Waals surface area contributed by atoms with Gasteiger partial charge in [-0.25, -0.2) is 9.59 Å². The summed E-state index contributed by atoms with van der Waals surface area (Å²) in [5.41, 5.74) is 1.75. The number of carboxylic acids is 2. The van der Waals surface area contributed by atoms with Gasteiger partial charge in [-0.05, 0) is 48.2 Å². The Morgan fingerprint density at radius 3 is 2.09 bits per heavy atom. The summed E-state index contributed by atoms with van der Waals surface area (Å²) in [7, 11) is 0. The number of fused-ring (bicyclic) bond motifs is 1. The van der Waals surface area contributed by atoms with Crippen LogP contribution in [-0.2, 0) is 6.54 Å². The summed E-state index contributed by atoms with van der Waals surface area (Å²) in [5.74, 6) is -2.22. The summed E-state index contributed by atoms with van der Waals surface area (Å²) in [6, 6.07) is 12.6. The van der Waals surface area contributed by atoms with Crippen LogP contribution < -0.4 is 4.72 Å². The molecule has 0 aromatic heterocycles. The van der Waals surface area contributed by atoms with Gasteiger partial charge in [0.1, 0.15) is 0 Å². The van der Waals surface area contributed by atoms with Gasteiger partial charge in [-0.3, -0.25) is 4.72 Å². The van der Waals surface area contributed by atoms with Crippen molar-refractivity contribution >= 4 is 23.9 Å². The monoisotopic (exact) mass is 335 g/mol. The second kappa shape index (κ2) is 8.33. The third-order valence-corrected chi connectivity index (χ3v) is 4.12. The predicted octanol–water partition coefficient (Wildman–Crippen LogP) is 2.36. The fraction of sp³-hybridized carbons (Fsp3) is 0.125. The summed E-state index contributed by atoms with van der Waals surface area (Å²) < 4.78 is 3.20. The molecule has 0 saturated heterocycles. The second-order valence-electron chi connectivity index (χ2n) is 4.62. The zero-order chi connectivity index (χ0) is 16.1. The normalized spacial score (nSPS) is 11.5. The highest BCUT2D eigenvalue weighted by molar-refractivity contribution is 7.97. The highest BCUT2D eigenvalue weighted by Crippen LogP contribution is 2.25. The standard InChI is InChI=1S/C9H8O4.C7H7NS.H2O/c1-5-6(8(10)11)3-2-4-7(5)9(12)13;1-2-4-7-6(3-1)5-8-9-7;/h2-4H,1H3,(H,10,11)(H,12,13);1-4,8H,5H2;1H2. The minimum absolute atomic E-state index is 0. The Kier molecular flexibility index (Phi) is 6.77. The molecule has 0 atom stereocenters. The van der Waals surface area contributed by atoms with Gasteiger partial charge in [0.05, 0.1) is 11.1 Å². The van der Waals surface area contributed by atoms with E-state index in [9.17, 15) is 9.59 Å². The zero-order valence-electron chi connectivity index (χ0n) is 12.4. The van der Waals surface area contributed by atoms with Gasteiger partial charge in [0.2, 0.25) is 0 Å². The lowest BCUT2D eigenvalue weighted by atomic mass is 10.0. The molecule has 0 fully saturated rings. The molecule has 0 bridgehead atoms. The largest absolute Gasteiger partial charge is 0.478 e. The van der Waals surface area contributed by atoms with Crippen LogP contribution in [0.25, 0.3) is 0 Å². The molecule has 0 saturated carbocycles. The SMILES string of the molecule is Cc1c(C(=O)O)cccc1C(=O)O.O.c1ccc2c(c1)CNS2. The summed E-state index contributed by atoms with van der Waals surface area (Å²) >= 11 is 1.72. The van der Waals surface area contributed by atoms with E-state index in [4.69, 9.17) is 10.2 Å². The topological polar surface area (TPSA) is 118 Å². The van der Waals surface area contributed by atoms with E-state index in [1.807, 2.05) is 0 Å². The molecule has 0 spiro atoms. The summed E-state index contributed by atoms with van der Waals surface area (Å²) in [5, 5.41) is 17.4. The van der Waals surface area contributed by atoms with Crippen LogP contribution in [-0.4, -0.2) is 27.6 Å². The van der Waals surface area contributed by atoms with Crippen LogP contribution in [0.5, 0.6) is 0 Å². The average Bonchev–Trinajstić information content (AvgIpc) is 2.96. The van der Waals surface area contributed by atoms with Crippen LogP contribution in [0.1, 0.15) is 31.8 Å². The van der Waals surface area contributed by atoms with Crippen molar-refractivity contribution in [2.24, 2.45) is 0 Å². The van der Waals surface area contributed by atoms with E-state index >= 15 is 0 Å². The van der Waals surface area contributed by atoms with Crippen molar-refractivity contribution < 1.29 is 25.3 Å². The van der Waals surface area contributed by atoms with Gasteiger partial charge < -0.3 is 15.7 Å². The van der Waals surface area contributed by atoms with Crippen LogP contribution >= 0.6 is 11.9 Å². The van der Waals surface area contributed by atoms with Gasteiger partial charge in [-0.15, -0.1) is 0 Å². The molecule has 0 amide bonds. The molecular weight excluding hydrogens is 318 g/mol. The van der Waals surface area contributed by atoms with Crippen molar-refractivity contribution in [1.29, 1.82) is 0 Å². The van der Waals surface area contributed by atoms with Crippen LogP contribution in [0.2, 0.25) is 0 Å². The van der Waals surface area contributed by atoms with Gasteiger partial charge in [-0.1, -0.05) is 24.3 Å².